The Bertz CT molecular complexity index is 1110. The van der Waals surface area contributed by atoms with Gasteiger partial charge >= 0.3 is 6.03 Å². The lowest BCUT2D eigenvalue weighted by Crippen LogP contribution is -2.53. The zero-order valence-electron chi connectivity index (χ0n) is 21.1. The second-order valence-electron chi connectivity index (χ2n) is 9.40. The average molecular weight is 499 g/mol. The van der Waals surface area contributed by atoms with Crippen molar-refractivity contribution in [3.05, 3.63) is 59.1 Å². The van der Waals surface area contributed by atoms with Crippen molar-refractivity contribution < 1.29 is 28.3 Å². The van der Waals surface area contributed by atoms with E-state index in [-0.39, 0.29) is 18.6 Å². The molecule has 3 aliphatic rings. The van der Waals surface area contributed by atoms with Crippen LogP contribution in [0.4, 0.5) is 4.79 Å². The molecular weight excluding hydrogens is 464 g/mol. The Morgan fingerprint density at radius 2 is 2.08 bits per heavy atom. The van der Waals surface area contributed by atoms with E-state index in [4.69, 9.17) is 13.9 Å². The van der Waals surface area contributed by atoms with Gasteiger partial charge in [0.25, 0.3) is 11.8 Å². The second-order valence-corrected chi connectivity index (χ2v) is 9.40. The zero-order valence-corrected chi connectivity index (χ0v) is 21.1. The van der Waals surface area contributed by atoms with Gasteiger partial charge in [-0.25, -0.2) is 4.79 Å². The minimum atomic E-state index is -1.50. The summed E-state index contributed by atoms with van der Waals surface area (Å²) in [7, 11) is 3.25. The van der Waals surface area contributed by atoms with Crippen molar-refractivity contribution >= 4 is 17.8 Å². The van der Waals surface area contributed by atoms with Crippen molar-refractivity contribution in [2.45, 2.75) is 38.0 Å². The van der Waals surface area contributed by atoms with Crippen LogP contribution in [0.5, 0.6) is 0 Å². The first-order valence-corrected chi connectivity index (χ1v) is 12.1. The summed E-state index contributed by atoms with van der Waals surface area (Å²) in [5.41, 5.74) is 0.882. The summed E-state index contributed by atoms with van der Waals surface area (Å²) < 4.78 is 16.6. The van der Waals surface area contributed by atoms with Crippen LogP contribution in [0, 0.1) is 0 Å². The first-order chi connectivity index (χ1) is 17.3. The fourth-order valence-electron chi connectivity index (χ4n) is 4.95. The highest BCUT2D eigenvalue weighted by Crippen LogP contribution is 2.34. The van der Waals surface area contributed by atoms with Gasteiger partial charge in [0.1, 0.15) is 11.5 Å². The Labute approximate surface area is 210 Å². The quantitative estimate of drug-likeness (QED) is 0.271. The molecule has 0 radical (unpaired) electrons. The Kier molecular flexibility index (Phi) is 7.77. The van der Waals surface area contributed by atoms with Gasteiger partial charge in [-0.1, -0.05) is 18.2 Å². The predicted octanol–water partition coefficient (Wildman–Crippen LogP) is 1.62. The van der Waals surface area contributed by atoms with E-state index in [1.807, 2.05) is 13.0 Å². The van der Waals surface area contributed by atoms with Crippen molar-refractivity contribution in [1.82, 2.24) is 20.4 Å². The van der Waals surface area contributed by atoms with E-state index in [9.17, 15) is 14.4 Å². The molecule has 2 atom stereocenters. The van der Waals surface area contributed by atoms with Crippen LogP contribution in [-0.2, 0) is 37.6 Å². The number of ether oxygens (including phenoxy) is 2. The Morgan fingerprint density at radius 1 is 1.28 bits per heavy atom. The average Bonchev–Trinajstić information content (AvgIpc) is 3.49. The van der Waals surface area contributed by atoms with Crippen LogP contribution >= 0.6 is 0 Å². The van der Waals surface area contributed by atoms with E-state index in [0.29, 0.717) is 37.5 Å². The number of amides is 4. The monoisotopic (exact) mass is 498 g/mol. The van der Waals surface area contributed by atoms with Gasteiger partial charge in [-0.3, -0.25) is 19.8 Å². The first kappa shape index (κ1) is 25.9. The summed E-state index contributed by atoms with van der Waals surface area (Å²) in [5, 5.41) is 5.08. The molecule has 1 aromatic heterocycles. The highest BCUT2D eigenvalue weighted by Gasteiger charge is 2.53. The Balaban J connectivity index is 1.55. The highest BCUT2D eigenvalue weighted by molar-refractivity contribution is 6.08. The second kappa shape index (κ2) is 10.8. The molecule has 0 saturated carbocycles. The van der Waals surface area contributed by atoms with E-state index < -0.39 is 17.5 Å². The van der Waals surface area contributed by atoms with E-state index >= 15 is 0 Å². The standard InChI is InChI=1S/C26H34N4O6/c1-5-19(35-4)7-8-20-17(2)14-30(23(20)31)16-26(24(32)27-25(33)28-26)22-13-18-15-29(10-6-12-34-3)11-9-21(18)36-22/h5,7-8,13,19H,1,6,9-12,14-16H2,2-4H3,(H2,27,28,32,33)/t19?,26-/m0/s1. The largest absolute Gasteiger partial charge is 0.463 e. The van der Waals surface area contributed by atoms with Crippen LogP contribution in [-0.4, -0.2) is 80.8 Å². The van der Waals surface area contributed by atoms with Crippen molar-refractivity contribution in [2.75, 3.05) is 47.0 Å². The number of carbonyl (C=O) groups excluding carboxylic acids is 3. The molecule has 1 aromatic rings. The van der Waals surface area contributed by atoms with Gasteiger partial charge in [0.2, 0.25) is 0 Å². The number of hydrogen-bond donors (Lipinski definition) is 2. The van der Waals surface area contributed by atoms with Crippen LogP contribution in [0.3, 0.4) is 0 Å². The number of nitrogens with zero attached hydrogens (tertiary/aromatic N) is 2. The van der Waals surface area contributed by atoms with Gasteiger partial charge in [0, 0.05) is 64.6 Å². The maximum atomic E-state index is 13.3. The van der Waals surface area contributed by atoms with E-state index in [1.165, 1.54) is 0 Å². The van der Waals surface area contributed by atoms with Gasteiger partial charge in [-0.15, -0.1) is 6.58 Å². The zero-order chi connectivity index (χ0) is 25.9. The molecule has 4 heterocycles. The number of urea groups is 1. The molecule has 3 aliphatic heterocycles. The third-order valence-corrected chi connectivity index (χ3v) is 6.92. The molecule has 4 amide bonds. The maximum Gasteiger partial charge on any atom is 0.322 e. The number of methoxy groups -OCH3 is 2. The number of imide groups is 1. The number of carbonyl (C=O) groups is 3. The number of hydrogen-bond acceptors (Lipinski definition) is 7. The molecule has 2 N–H and O–H groups in total. The number of nitrogens with one attached hydrogen (secondary N) is 2. The molecule has 1 unspecified atom stereocenters. The molecule has 1 saturated heterocycles. The minimum Gasteiger partial charge on any atom is -0.463 e. The number of fused-ring (bicyclic) bond motifs is 1. The molecule has 0 aromatic carbocycles. The molecule has 36 heavy (non-hydrogen) atoms. The molecular formula is C26H34N4O6. The van der Waals surface area contributed by atoms with Crippen LogP contribution in [0.25, 0.3) is 0 Å². The number of furan rings is 1. The van der Waals surface area contributed by atoms with E-state index in [0.717, 1.165) is 36.4 Å². The summed E-state index contributed by atoms with van der Waals surface area (Å²) in [6.07, 6.45) is 6.42. The van der Waals surface area contributed by atoms with Gasteiger partial charge in [0.15, 0.2) is 5.54 Å². The molecule has 10 nitrogen and oxygen atoms in total. The summed E-state index contributed by atoms with van der Waals surface area (Å²) in [5.74, 6) is 0.393. The Hall–Kier alpha value is -3.21. The summed E-state index contributed by atoms with van der Waals surface area (Å²) >= 11 is 0. The lowest BCUT2D eigenvalue weighted by Gasteiger charge is -2.29. The van der Waals surface area contributed by atoms with Crippen molar-refractivity contribution in [3.8, 4) is 0 Å². The molecule has 194 valence electrons. The molecule has 10 heteroatoms. The van der Waals surface area contributed by atoms with E-state index in [2.05, 4.69) is 22.1 Å². The molecule has 0 bridgehead atoms. The topological polar surface area (TPSA) is 113 Å². The van der Waals surface area contributed by atoms with Crippen LogP contribution in [0.15, 0.2) is 46.4 Å². The summed E-state index contributed by atoms with van der Waals surface area (Å²) in [6, 6.07) is 1.23. The van der Waals surface area contributed by atoms with Crippen molar-refractivity contribution in [2.24, 2.45) is 0 Å². The predicted molar refractivity (Wildman–Crippen MR) is 132 cm³/mol. The van der Waals surface area contributed by atoms with Gasteiger partial charge in [0.05, 0.1) is 12.6 Å². The summed E-state index contributed by atoms with van der Waals surface area (Å²) in [4.78, 5) is 42.5. The third kappa shape index (κ3) is 5.02. The van der Waals surface area contributed by atoms with Crippen LogP contribution < -0.4 is 10.6 Å². The highest BCUT2D eigenvalue weighted by atomic mass is 16.5. The molecule has 0 spiro atoms. The first-order valence-electron chi connectivity index (χ1n) is 12.1. The van der Waals surface area contributed by atoms with Crippen molar-refractivity contribution in [3.63, 3.8) is 0 Å². The van der Waals surface area contributed by atoms with Crippen LogP contribution in [0.1, 0.15) is 30.4 Å². The lowest BCUT2D eigenvalue weighted by molar-refractivity contribution is -0.130. The van der Waals surface area contributed by atoms with Gasteiger partial charge in [-0.2, -0.15) is 0 Å². The fraction of sp³-hybridized carbons (Fsp3) is 0.500. The molecule has 1 fully saturated rings. The molecule has 4 rings (SSSR count). The number of rotatable bonds is 11. The van der Waals surface area contributed by atoms with Gasteiger partial charge in [-0.05, 0) is 25.0 Å². The third-order valence-electron chi connectivity index (χ3n) is 6.92. The van der Waals surface area contributed by atoms with Gasteiger partial charge < -0.3 is 24.1 Å². The van der Waals surface area contributed by atoms with E-state index in [1.54, 1.807) is 37.3 Å². The maximum absolute atomic E-state index is 13.3. The smallest absolute Gasteiger partial charge is 0.322 e. The SMILES string of the molecule is C=CC(C=CC1=C(C)CN(C[C@@]2(c3cc4c(o3)CCN(CCCOC)C4)NC(=O)NC2=O)C1=O)OC. The lowest BCUT2D eigenvalue weighted by atomic mass is 9.94. The molecule has 0 aliphatic carbocycles. The Morgan fingerprint density at radius 3 is 2.75 bits per heavy atom. The van der Waals surface area contributed by atoms with Crippen LogP contribution in [0.2, 0.25) is 0 Å². The minimum absolute atomic E-state index is 0.0444. The summed E-state index contributed by atoms with van der Waals surface area (Å²) in [6.45, 7) is 9.01. The van der Waals surface area contributed by atoms with Crippen molar-refractivity contribution in [1.29, 1.82) is 0 Å². The fourth-order valence-corrected chi connectivity index (χ4v) is 4.95. The normalized spacial score (nSPS) is 23.4.